The van der Waals surface area contributed by atoms with E-state index in [1.165, 1.54) is 18.6 Å². The summed E-state index contributed by atoms with van der Waals surface area (Å²) in [7, 11) is -0.0222. The van der Waals surface area contributed by atoms with Gasteiger partial charge in [-0.1, -0.05) is 28.0 Å². The van der Waals surface area contributed by atoms with Crippen molar-refractivity contribution in [2.75, 3.05) is 18.1 Å². The zero-order valence-corrected chi connectivity index (χ0v) is 13.3. The van der Waals surface area contributed by atoms with Crippen LogP contribution in [0, 0.1) is 0 Å². The molecule has 1 fully saturated rings. The molecule has 1 atom stereocenters. The summed E-state index contributed by atoms with van der Waals surface area (Å²) in [6.45, 7) is 0.299. The topological polar surface area (TPSA) is 83.5 Å². The second-order valence-electron chi connectivity index (χ2n) is 4.56. The van der Waals surface area contributed by atoms with Crippen LogP contribution in [0.5, 0.6) is 0 Å². The van der Waals surface area contributed by atoms with Gasteiger partial charge in [0, 0.05) is 24.0 Å². The molecule has 1 unspecified atom stereocenters. The maximum Gasteiger partial charge on any atom is 0.264 e. The maximum absolute atomic E-state index is 11.4. The highest BCUT2D eigenvalue weighted by Gasteiger charge is 2.15. The largest absolute Gasteiger partial charge is 0.356 e. The predicted molar refractivity (Wildman–Crippen MR) is 81.0 cm³/mol. The highest BCUT2D eigenvalue weighted by molar-refractivity contribution is 8.77. The summed E-state index contributed by atoms with van der Waals surface area (Å²) in [5, 5.41) is 3.41. The van der Waals surface area contributed by atoms with Crippen molar-refractivity contribution in [1.82, 2.24) is 5.32 Å². The van der Waals surface area contributed by atoms with E-state index in [1.807, 2.05) is 21.6 Å². The van der Waals surface area contributed by atoms with E-state index in [1.54, 1.807) is 0 Å². The van der Waals surface area contributed by atoms with Crippen molar-refractivity contribution in [2.24, 2.45) is 0 Å². The molecular weight excluding hydrogens is 306 g/mol. The highest BCUT2D eigenvalue weighted by atomic mass is 33.1. The van der Waals surface area contributed by atoms with Crippen molar-refractivity contribution in [3.05, 3.63) is 0 Å². The van der Waals surface area contributed by atoms with Crippen LogP contribution in [-0.2, 0) is 14.9 Å². The normalized spacial score (nSPS) is 19.5. The average Bonchev–Trinajstić information content (AvgIpc) is 2.82. The molecule has 0 aromatic heterocycles. The van der Waals surface area contributed by atoms with Gasteiger partial charge in [-0.15, -0.1) is 0 Å². The third-order valence-corrected chi connectivity index (χ3v) is 6.62. The lowest BCUT2D eigenvalue weighted by Crippen LogP contribution is -2.25. The highest BCUT2D eigenvalue weighted by Crippen LogP contribution is 2.39. The zero-order chi connectivity index (χ0) is 14.1. The minimum atomic E-state index is -3.91. The van der Waals surface area contributed by atoms with E-state index in [9.17, 15) is 13.2 Å². The lowest BCUT2D eigenvalue weighted by atomic mass is 10.1. The maximum atomic E-state index is 11.4. The molecule has 1 aliphatic rings. The first-order chi connectivity index (χ1) is 8.97. The fourth-order valence-corrected chi connectivity index (χ4v) is 5.33. The number of nitrogens with one attached hydrogen (secondary N) is 1. The van der Waals surface area contributed by atoms with E-state index < -0.39 is 10.1 Å². The van der Waals surface area contributed by atoms with Gasteiger partial charge in [0.05, 0.1) is 5.75 Å². The van der Waals surface area contributed by atoms with E-state index >= 15 is 0 Å². The van der Waals surface area contributed by atoms with Gasteiger partial charge in [0.2, 0.25) is 5.91 Å². The van der Waals surface area contributed by atoms with Gasteiger partial charge in [-0.25, -0.2) is 0 Å². The van der Waals surface area contributed by atoms with Crippen molar-refractivity contribution >= 4 is 37.6 Å². The summed E-state index contributed by atoms with van der Waals surface area (Å²) in [6, 6.07) is 0. The first kappa shape index (κ1) is 17.1. The number of hydrogen-bond donors (Lipinski definition) is 2. The lowest BCUT2D eigenvalue weighted by Gasteiger charge is -2.07. The Balaban J connectivity index is 1.92. The Morgan fingerprint density at radius 3 is 2.74 bits per heavy atom. The second kappa shape index (κ2) is 9.10. The second-order valence-corrected chi connectivity index (χ2v) is 8.92. The van der Waals surface area contributed by atoms with E-state index in [2.05, 4.69) is 5.32 Å². The van der Waals surface area contributed by atoms with E-state index in [0.717, 1.165) is 18.1 Å². The summed E-state index contributed by atoms with van der Waals surface area (Å²) in [5.74, 6) is 0.900. The average molecular weight is 327 g/mol. The number of rotatable bonds is 9. The summed E-state index contributed by atoms with van der Waals surface area (Å²) in [4.78, 5) is 11.4. The molecule has 0 radical (unpaired) electrons. The molecule has 0 aromatic carbocycles. The molecule has 19 heavy (non-hydrogen) atoms. The van der Waals surface area contributed by atoms with Gasteiger partial charge >= 0.3 is 0 Å². The first-order valence-corrected chi connectivity index (χ1v) is 10.5. The minimum absolute atomic E-state index is 0.0382. The van der Waals surface area contributed by atoms with Gasteiger partial charge in [0.15, 0.2) is 0 Å². The van der Waals surface area contributed by atoms with Gasteiger partial charge in [-0.05, 0) is 25.7 Å². The van der Waals surface area contributed by atoms with Crippen LogP contribution < -0.4 is 5.32 Å². The number of hydrogen-bond acceptors (Lipinski definition) is 5. The monoisotopic (exact) mass is 327 g/mol. The van der Waals surface area contributed by atoms with Crippen LogP contribution in [0.2, 0.25) is 0 Å². The van der Waals surface area contributed by atoms with Crippen molar-refractivity contribution in [1.29, 1.82) is 0 Å². The van der Waals surface area contributed by atoms with E-state index in [-0.39, 0.29) is 18.1 Å². The minimum Gasteiger partial charge on any atom is -0.356 e. The van der Waals surface area contributed by atoms with E-state index in [0.29, 0.717) is 13.0 Å². The Bertz CT molecular complexity index is 366. The Morgan fingerprint density at radius 2 is 2.11 bits per heavy atom. The van der Waals surface area contributed by atoms with Gasteiger partial charge in [-0.2, -0.15) is 8.42 Å². The van der Waals surface area contributed by atoms with Crippen LogP contribution in [0.15, 0.2) is 0 Å². The quantitative estimate of drug-likeness (QED) is 0.383. The standard InChI is InChI=1S/C11H21NO4S3/c13-11(12-7-3-9-19(14,15)16)5-2-1-4-10-6-8-17-18-10/h10H,1-9H2,(H,12,13)(H,14,15,16). The van der Waals surface area contributed by atoms with Gasteiger partial charge in [-0.3, -0.25) is 9.35 Å². The third kappa shape index (κ3) is 9.59. The summed E-state index contributed by atoms with van der Waals surface area (Å²) < 4.78 is 29.4. The fourth-order valence-electron chi connectivity index (χ4n) is 1.79. The summed E-state index contributed by atoms with van der Waals surface area (Å²) in [5.41, 5.74) is 0. The predicted octanol–water partition coefficient (Wildman–Crippen LogP) is 2.09. The number of carbonyl (C=O) groups excluding carboxylic acids is 1. The van der Waals surface area contributed by atoms with Gasteiger partial charge < -0.3 is 5.32 Å². The first-order valence-electron chi connectivity index (χ1n) is 6.47. The summed E-state index contributed by atoms with van der Waals surface area (Å²) >= 11 is 0. The third-order valence-electron chi connectivity index (χ3n) is 2.81. The van der Waals surface area contributed by atoms with Crippen molar-refractivity contribution in [3.8, 4) is 0 Å². The van der Waals surface area contributed by atoms with Crippen LogP contribution in [0.3, 0.4) is 0 Å². The zero-order valence-electron chi connectivity index (χ0n) is 10.8. The molecule has 0 spiro atoms. The Hall–Kier alpha value is 0.0800. The molecule has 5 nitrogen and oxygen atoms in total. The summed E-state index contributed by atoms with van der Waals surface area (Å²) in [6.07, 6.45) is 5.14. The van der Waals surface area contributed by atoms with Crippen LogP contribution >= 0.6 is 21.6 Å². The van der Waals surface area contributed by atoms with Crippen molar-refractivity contribution in [3.63, 3.8) is 0 Å². The number of unbranched alkanes of at least 4 members (excludes halogenated alkanes) is 1. The number of amides is 1. The molecular formula is C11H21NO4S3. The molecule has 112 valence electrons. The van der Waals surface area contributed by atoms with Crippen LogP contribution in [0.1, 0.15) is 38.5 Å². The molecule has 1 aliphatic heterocycles. The molecule has 0 aliphatic carbocycles. The number of carbonyl (C=O) groups is 1. The molecule has 1 amide bonds. The van der Waals surface area contributed by atoms with Gasteiger partial charge in [0.25, 0.3) is 10.1 Å². The van der Waals surface area contributed by atoms with Crippen molar-refractivity contribution < 1.29 is 17.8 Å². The van der Waals surface area contributed by atoms with E-state index in [4.69, 9.17) is 4.55 Å². The molecule has 1 rings (SSSR count). The van der Waals surface area contributed by atoms with Crippen LogP contribution in [0.4, 0.5) is 0 Å². The molecule has 1 saturated heterocycles. The molecule has 2 N–H and O–H groups in total. The molecule has 1 heterocycles. The Kier molecular flexibility index (Phi) is 8.20. The van der Waals surface area contributed by atoms with Crippen LogP contribution in [-0.4, -0.2) is 42.2 Å². The molecule has 0 saturated carbocycles. The smallest absolute Gasteiger partial charge is 0.264 e. The Labute approximate surface area is 122 Å². The molecule has 0 bridgehead atoms. The van der Waals surface area contributed by atoms with Crippen molar-refractivity contribution in [2.45, 2.75) is 43.8 Å². The SMILES string of the molecule is O=C(CCCCC1CCSS1)NCCCS(=O)(=O)O. The fraction of sp³-hybridized carbons (Fsp3) is 0.909. The lowest BCUT2D eigenvalue weighted by molar-refractivity contribution is -0.121. The van der Waals surface area contributed by atoms with Gasteiger partial charge in [0.1, 0.15) is 0 Å². The Morgan fingerprint density at radius 1 is 1.32 bits per heavy atom. The molecule has 0 aromatic rings. The van der Waals surface area contributed by atoms with Crippen LogP contribution in [0.25, 0.3) is 0 Å². The molecule has 8 heteroatoms.